The first-order valence-corrected chi connectivity index (χ1v) is 7.42. The molecule has 1 saturated carbocycles. The summed E-state index contributed by atoms with van der Waals surface area (Å²) in [5.74, 6) is 2.58. The molecule has 0 amide bonds. The second-order valence-electron chi connectivity index (χ2n) is 5.87. The average Bonchev–Trinajstić information content (AvgIpc) is 2.87. The van der Waals surface area contributed by atoms with Crippen LogP contribution in [0.2, 0.25) is 0 Å². The van der Waals surface area contributed by atoms with E-state index in [-0.39, 0.29) is 24.0 Å². The molecule has 2 rings (SSSR count). The molecule has 5 heteroatoms. The van der Waals surface area contributed by atoms with Crippen LogP contribution in [0.5, 0.6) is 0 Å². The van der Waals surface area contributed by atoms with Crippen LogP contribution in [0.4, 0.5) is 0 Å². The van der Waals surface area contributed by atoms with Gasteiger partial charge in [-0.05, 0) is 44.2 Å². The summed E-state index contributed by atoms with van der Waals surface area (Å²) in [4.78, 5) is 6.87. The highest BCUT2D eigenvalue weighted by Gasteiger charge is 2.33. The largest absolute Gasteiger partial charge is 0.356 e. The van der Waals surface area contributed by atoms with E-state index in [1.54, 1.807) is 0 Å². The molecule has 2 N–H and O–H groups in total. The first-order chi connectivity index (χ1) is 8.72. The highest BCUT2D eigenvalue weighted by atomic mass is 127. The zero-order valence-electron chi connectivity index (χ0n) is 12.5. The lowest BCUT2D eigenvalue weighted by molar-refractivity contribution is 0.324. The number of aliphatic imine (C=N–C) groups is 1. The molecule has 0 radical (unpaired) electrons. The molecular weight excluding hydrogens is 351 g/mol. The van der Waals surface area contributed by atoms with Crippen LogP contribution in [0.3, 0.4) is 0 Å². The van der Waals surface area contributed by atoms with Gasteiger partial charge in [0, 0.05) is 26.2 Å². The van der Waals surface area contributed by atoms with E-state index in [2.05, 4.69) is 34.4 Å². The topological polar surface area (TPSA) is 39.7 Å². The molecule has 112 valence electrons. The molecule has 0 aromatic heterocycles. The van der Waals surface area contributed by atoms with Crippen LogP contribution in [0.15, 0.2) is 4.99 Å². The maximum absolute atomic E-state index is 4.30. The predicted molar refractivity (Wildman–Crippen MR) is 92.3 cm³/mol. The quantitative estimate of drug-likeness (QED) is 0.435. The number of likely N-dealkylation sites (tertiary alicyclic amines) is 1. The van der Waals surface area contributed by atoms with Crippen LogP contribution in [0.25, 0.3) is 0 Å². The minimum Gasteiger partial charge on any atom is -0.356 e. The van der Waals surface area contributed by atoms with Gasteiger partial charge in [0.15, 0.2) is 5.96 Å². The highest BCUT2D eigenvalue weighted by molar-refractivity contribution is 14.0. The van der Waals surface area contributed by atoms with Crippen LogP contribution >= 0.6 is 24.0 Å². The number of hydrogen-bond donors (Lipinski definition) is 2. The van der Waals surface area contributed by atoms with Crippen molar-refractivity contribution in [2.45, 2.75) is 39.2 Å². The van der Waals surface area contributed by atoms with E-state index in [1.165, 1.54) is 38.9 Å². The SMILES string of the molecule is CCCN1CCC(CNC(=NC)NC2CC2C)C1.I. The van der Waals surface area contributed by atoms with Crippen molar-refractivity contribution >= 4 is 29.9 Å². The van der Waals surface area contributed by atoms with Crippen molar-refractivity contribution in [1.29, 1.82) is 0 Å². The summed E-state index contributed by atoms with van der Waals surface area (Å²) < 4.78 is 0. The number of halogens is 1. The third-order valence-electron chi connectivity index (χ3n) is 4.12. The maximum atomic E-state index is 4.30. The summed E-state index contributed by atoms with van der Waals surface area (Å²) in [5, 5.41) is 6.95. The summed E-state index contributed by atoms with van der Waals surface area (Å²) in [6, 6.07) is 0.649. The molecule has 2 aliphatic rings. The lowest BCUT2D eigenvalue weighted by Crippen LogP contribution is -2.41. The molecule has 3 atom stereocenters. The molecule has 19 heavy (non-hydrogen) atoms. The summed E-state index contributed by atoms with van der Waals surface area (Å²) >= 11 is 0. The molecule has 1 aliphatic carbocycles. The highest BCUT2D eigenvalue weighted by Crippen LogP contribution is 2.28. The first kappa shape index (κ1) is 17.0. The van der Waals surface area contributed by atoms with Gasteiger partial charge in [-0.25, -0.2) is 0 Å². The Hall–Kier alpha value is -0.0400. The Morgan fingerprint density at radius 3 is 2.74 bits per heavy atom. The zero-order chi connectivity index (χ0) is 13.0. The Kier molecular flexibility index (Phi) is 7.42. The van der Waals surface area contributed by atoms with E-state index in [0.717, 1.165) is 24.3 Å². The van der Waals surface area contributed by atoms with Crippen LogP contribution in [-0.2, 0) is 0 Å². The van der Waals surface area contributed by atoms with Crippen molar-refractivity contribution in [3.05, 3.63) is 0 Å². The van der Waals surface area contributed by atoms with Gasteiger partial charge in [0.25, 0.3) is 0 Å². The molecule has 2 fully saturated rings. The van der Waals surface area contributed by atoms with E-state index >= 15 is 0 Å². The minimum absolute atomic E-state index is 0. The Balaban J connectivity index is 0.00000180. The Morgan fingerprint density at radius 2 is 2.16 bits per heavy atom. The molecule has 0 aromatic rings. The van der Waals surface area contributed by atoms with Gasteiger partial charge in [-0.3, -0.25) is 4.99 Å². The molecule has 4 nitrogen and oxygen atoms in total. The van der Waals surface area contributed by atoms with Gasteiger partial charge >= 0.3 is 0 Å². The third-order valence-corrected chi connectivity index (χ3v) is 4.12. The van der Waals surface area contributed by atoms with E-state index in [9.17, 15) is 0 Å². The standard InChI is InChI=1S/C14H28N4.HI/c1-4-6-18-7-5-12(10-18)9-16-14(15-3)17-13-8-11(13)2;/h11-13H,4-10H2,1-3H3,(H2,15,16,17);1H. The Labute approximate surface area is 134 Å². The van der Waals surface area contributed by atoms with E-state index < -0.39 is 0 Å². The van der Waals surface area contributed by atoms with E-state index in [1.807, 2.05) is 7.05 Å². The fourth-order valence-corrected chi connectivity index (χ4v) is 2.73. The summed E-state index contributed by atoms with van der Waals surface area (Å²) in [6.07, 6.45) is 3.88. The van der Waals surface area contributed by atoms with Gasteiger partial charge in [0.05, 0.1) is 0 Å². The summed E-state index contributed by atoms with van der Waals surface area (Å²) in [6.45, 7) is 9.37. The van der Waals surface area contributed by atoms with Crippen molar-refractivity contribution in [2.75, 3.05) is 33.2 Å². The molecular formula is C14H29IN4. The molecule has 0 bridgehead atoms. The van der Waals surface area contributed by atoms with Crippen molar-refractivity contribution in [1.82, 2.24) is 15.5 Å². The van der Waals surface area contributed by atoms with Crippen molar-refractivity contribution < 1.29 is 0 Å². The van der Waals surface area contributed by atoms with Crippen molar-refractivity contribution in [3.8, 4) is 0 Å². The van der Waals surface area contributed by atoms with Gasteiger partial charge in [0.1, 0.15) is 0 Å². The third kappa shape index (κ3) is 5.45. The van der Waals surface area contributed by atoms with Crippen molar-refractivity contribution in [3.63, 3.8) is 0 Å². The normalized spacial score (nSPS) is 30.9. The number of nitrogens with one attached hydrogen (secondary N) is 2. The first-order valence-electron chi connectivity index (χ1n) is 7.42. The van der Waals surface area contributed by atoms with Gasteiger partial charge in [-0.15, -0.1) is 24.0 Å². The predicted octanol–water partition coefficient (Wildman–Crippen LogP) is 1.91. The minimum atomic E-state index is 0. The molecule has 1 heterocycles. The van der Waals surface area contributed by atoms with Crippen molar-refractivity contribution in [2.24, 2.45) is 16.8 Å². The molecule has 0 aromatic carbocycles. The lowest BCUT2D eigenvalue weighted by Gasteiger charge is -2.17. The van der Waals surface area contributed by atoms with Crippen LogP contribution < -0.4 is 10.6 Å². The monoisotopic (exact) mass is 380 g/mol. The van der Waals surface area contributed by atoms with E-state index in [4.69, 9.17) is 0 Å². The van der Waals surface area contributed by atoms with Crippen LogP contribution in [-0.4, -0.2) is 50.1 Å². The summed E-state index contributed by atoms with van der Waals surface area (Å²) in [5.41, 5.74) is 0. The number of rotatable bonds is 5. The number of hydrogen-bond acceptors (Lipinski definition) is 2. The Morgan fingerprint density at radius 1 is 1.42 bits per heavy atom. The van der Waals surface area contributed by atoms with Gasteiger partial charge < -0.3 is 15.5 Å². The van der Waals surface area contributed by atoms with Crippen LogP contribution in [0.1, 0.15) is 33.1 Å². The Bertz CT molecular complexity index is 295. The number of nitrogens with zero attached hydrogens (tertiary/aromatic N) is 2. The maximum Gasteiger partial charge on any atom is 0.191 e. The molecule has 0 spiro atoms. The molecule has 3 unspecified atom stereocenters. The van der Waals surface area contributed by atoms with Gasteiger partial charge in [0.2, 0.25) is 0 Å². The van der Waals surface area contributed by atoms with Gasteiger partial charge in [-0.2, -0.15) is 0 Å². The lowest BCUT2D eigenvalue weighted by atomic mass is 10.1. The fourth-order valence-electron chi connectivity index (χ4n) is 2.73. The average molecular weight is 380 g/mol. The fraction of sp³-hybridized carbons (Fsp3) is 0.929. The smallest absolute Gasteiger partial charge is 0.191 e. The van der Waals surface area contributed by atoms with Gasteiger partial charge in [-0.1, -0.05) is 13.8 Å². The number of guanidine groups is 1. The second kappa shape index (κ2) is 8.29. The van der Waals surface area contributed by atoms with Crippen LogP contribution in [0, 0.1) is 11.8 Å². The zero-order valence-corrected chi connectivity index (χ0v) is 14.8. The van der Waals surface area contributed by atoms with E-state index in [0.29, 0.717) is 6.04 Å². The second-order valence-corrected chi connectivity index (χ2v) is 5.87. The molecule has 1 aliphatic heterocycles. The summed E-state index contributed by atoms with van der Waals surface area (Å²) in [7, 11) is 1.86. The molecule has 1 saturated heterocycles.